The van der Waals surface area contributed by atoms with E-state index in [4.69, 9.17) is 0 Å². The maximum atomic E-state index is 3.99. The molecule has 0 atom stereocenters. The molecule has 0 saturated heterocycles. The highest BCUT2D eigenvalue weighted by Crippen LogP contribution is 1.93. The van der Waals surface area contributed by atoms with E-state index in [9.17, 15) is 0 Å². The highest BCUT2D eigenvalue weighted by atomic mass is 15.3. The Kier molecular flexibility index (Phi) is 3.76. The Morgan fingerprint density at radius 3 is 2.33 bits per heavy atom. The third-order valence-corrected chi connectivity index (χ3v) is 1.28. The third kappa shape index (κ3) is 2.90. The quantitative estimate of drug-likeness (QED) is 0.440. The van der Waals surface area contributed by atoms with E-state index in [1.165, 1.54) is 5.57 Å². The third-order valence-electron chi connectivity index (χ3n) is 1.28. The van der Waals surface area contributed by atoms with Crippen LogP contribution in [0.1, 0.15) is 20.8 Å². The van der Waals surface area contributed by atoms with Gasteiger partial charge in [-0.05, 0) is 26.3 Å². The van der Waals surface area contributed by atoms with Crippen LogP contribution < -0.4 is 5.43 Å². The largest absolute Gasteiger partial charge is 0.313 e. The van der Waals surface area contributed by atoms with Crippen molar-refractivity contribution < 1.29 is 0 Å². The average Bonchev–Trinajstić information content (AvgIpc) is 1.87. The van der Waals surface area contributed by atoms with Crippen LogP contribution in [0.2, 0.25) is 0 Å². The lowest BCUT2D eigenvalue weighted by molar-refractivity contribution is 0.898. The summed E-state index contributed by atoms with van der Waals surface area (Å²) in [6, 6.07) is 0. The minimum atomic E-state index is 1.04. The summed E-state index contributed by atoms with van der Waals surface area (Å²) in [7, 11) is 1.80. The smallest absolute Gasteiger partial charge is 0.0597 e. The number of allylic oxidation sites excluding steroid dienone is 2. The van der Waals surface area contributed by atoms with Crippen LogP contribution in [-0.2, 0) is 0 Å². The molecule has 2 heteroatoms. The Hall–Kier alpha value is -0.790. The highest BCUT2D eigenvalue weighted by molar-refractivity contribution is 5.97. The van der Waals surface area contributed by atoms with Gasteiger partial charge in [-0.2, -0.15) is 5.10 Å². The molecule has 0 aromatic carbocycles. The molecule has 0 spiro atoms. The molecule has 0 aromatic rings. The summed E-state index contributed by atoms with van der Waals surface area (Å²) in [5.41, 5.74) is 4.98. The van der Waals surface area contributed by atoms with Gasteiger partial charge in [0.25, 0.3) is 0 Å². The Balaban J connectivity index is 4.03. The zero-order chi connectivity index (χ0) is 7.28. The van der Waals surface area contributed by atoms with Crippen LogP contribution in [0.5, 0.6) is 0 Å². The molecule has 1 N–H and O–H groups in total. The first-order valence-electron chi connectivity index (χ1n) is 3.06. The van der Waals surface area contributed by atoms with Crippen molar-refractivity contribution in [3.05, 3.63) is 11.6 Å². The van der Waals surface area contributed by atoms with Gasteiger partial charge in [-0.15, -0.1) is 0 Å². The second-order valence-corrected chi connectivity index (χ2v) is 1.89. The van der Waals surface area contributed by atoms with E-state index in [-0.39, 0.29) is 0 Å². The first-order valence-corrected chi connectivity index (χ1v) is 3.06. The normalized spacial score (nSPS) is 13.8. The minimum Gasteiger partial charge on any atom is -0.313 e. The number of nitrogens with zero attached hydrogens (tertiary/aromatic N) is 1. The van der Waals surface area contributed by atoms with Gasteiger partial charge in [0.05, 0.1) is 5.71 Å². The van der Waals surface area contributed by atoms with Crippen LogP contribution >= 0.6 is 0 Å². The molecule has 0 aliphatic carbocycles. The molecular formula is C7H14N2. The molecule has 0 unspecified atom stereocenters. The van der Waals surface area contributed by atoms with Crippen molar-refractivity contribution in [1.82, 2.24) is 5.43 Å². The summed E-state index contributed by atoms with van der Waals surface area (Å²) in [4.78, 5) is 0. The highest BCUT2D eigenvalue weighted by Gasteiger charge is 1.89. The van der Waals surface area contributed by atoms with E-state index >= 15 is 0 Å². The summed E-state index contributed by atoms with van der Waals surface area (Å²) in [5.74, 6) is 0. The number of hydrogen-bond donors (Lipinski definition) is 1. The van der Waals surface area contributed by atoms with Crippen LogP contribution in [0, 0.1) is 0 Å². The lowest BCUT2D eigenvalue weighted by Gasteiger charge is -1.96. The van der Waals surface area contributed by atoms with Crippen molar-refractivity contribution in [3.63, 3.8) is 0 Å². The first-order chi connectivity index (χ1) is 4.22. The fraction of sp³-hybridized carbons (Fsp3) is 0.571. The molecule has 0 rings (SSSR count). The van der Waals surface area contributed by atoms with Crippen molar-refractivity contribution in [2.45, 2.75) is 20.8 Å². The average molecular weight is 126 g/mol. The first kappa shape index (κ1) is 8.21. The summed E-state index contributed by atoms with van der Waals surface area (Å²) in [6.07, 6.45) is 2.04. The van der Waals surface area contributed by atoms with E-state index in [0.29, 0.717) is 0 Å². The molecule has 0 bridgehead atoms. The maximum Gasteiger partial charge on any atom is 0.0597 e. The maximum absolute atomic E-state index is 3.99. The Morgan fingerprint density at radius 1 is 1.44 bits per heavy atom. The van der Waals surface area contributed by atoms with Gasteiger partial charge in [0.2, 0.25) is 0 Å². The fourth-order valence-electron chi connectivity index (χ4n) is 0.465. The molecule has 0 fully saturated rings. The summed E-state index contributed by atoms with van der Waals surface area (Å²) >= 11 is 0. The van der Waals surface area contributed by atoms with E-state index in [0.717, 1.165) is 5.71 Å². The molecule has 9 heavy (non-hydrogen) atoms. The van der Waals surface area contributed by atoms with E-state index in [1.54, 1.807) is 7.05 Å². The summed E-state index contributed by atoms with van der Waals surface area (Å²) < 4.78 is 0. The van der Waals surface area contributed by atoms with Crippen LogP contribution in [0.25, 0.3) is 0 Å². The van der Waals surface area contributed by atoms with Gasteiger partial charge in [-0.1, -0.05) is 6.08 Å². The number of rotatable bonds is 2. The molecule has 0 saturated carbocycles. The topological polar surface area (TPSA) is 24.4 Å². The zero-order valence-electron chi connectivity index (χ0n) is 6.52. The lowest BCUT2D eigenvalue weighted by atomic mass is 10.2. The SMILES string of the molecule is C/C=C(C)\C(C)=N/NC. The predicted molar refractivity (Wildman–Crippen MR) is 41.6 cm³/mol. The minimum absolute atomic E-state index is 1.04. The summed E-state index contributed by atoms with van der Waals surface area (Å²) in [6.45, 7) is 6.02. The van der Waals surface area contributed by atoms with Crippen molar-refractivity contribution >= 4 is 5.71 Å². The molecule has 0 aliphatic heterocycles. The molecular weight excluding hydrogens is 112 g/mol. The molecule has 0 heterocycles. The number of hydrazone groups is 1. The molecule has 0 aliphatic rings. The van der Waals surface area contributed by atoms with Crippen LogP contribution in [0.15, 0.2) is 16.8 Å². The summed E-state index contributed by atoms with van der Waals surface area (Å²) in [5, 5.41) is 3.99. The molecule has 2 nitrogen and oxygen atoms in total. The van der Waals surface area contributed by atoms with Crippen molar-refractivity contribution in [2.75, 3.05) is 7.05 Å². The van der Waals surface area contributed by atoms with Gasteiger partial charge in [0, 0.05) is 7.05 Å². The van der Waals surface area contributed by atoms with E-state index in [1.807, 2.05) is 26.8 Å². The Bertz CT molecular complexity index is 134. The standard InChI is InChI=1S/C7H14N2/c1-5-6(2)7(3)9-8-4/h5,8H,1-4H3/b6-5-,9-7-. The Labute approximate surface area is 56.7 Å². The van der Waals surface area contributed by atoms with Gasteiger partial charge in [0.15, 0.2) is 0 Å². The zero-order valence-corrected chi connectivity index (χ0v) is 6.52. The monoisotopic (exact) mass is 126 g/mol. The number of hydrogen-bond acceptors (Lipinski definition) is 2. The molecule has 0 aromatic heterocycles. The van der Waals surface area contributed by atoms with Gasteiger partial charge < -0.3 is 5.43 Å². The molecule has 0 radical (unpaired) electrons. The van der Waals surface area contributed by atoms with Crippen LogP contribution in [0.3, 0.4) is 0 Å². The van der Waals surface area contributed by atoms with Gasteiger partial charge in [-0.25, -0.2) is 0 Å². The van der Waals surface area contributed by atoms with Gasteiger partial charge >= 0.3 is 0 Å². The predicted octanol–water partition coefficient (Wildman–Crippen LogP) is 1.55. The molecule has 0 amide bonds. The lowest BCUT2D eigenvalue weighted by Crippen LogP contribution is -2.02. The number of nitrogens with one attached hydrogen (secondary N) is 1. The van der Waals surface area contributed by atoms with Crippen molar-refractivity contribution in [3.8, 4) is 0 Å². The second-order valence-electron chi connectivity index (χ2n) is 1.89. The Morgan fingerprint density at radius 2 is 2.00 bits per heavy atom. The van der Waals surface area contributed by atoms with Gasteiger partial charge in [0.1, 0.15) is 0 Å². The van der Waals surface area contributed by atoms with Crippen molar-refractivity contribution in [1.29, 1.82) is 0 Å². The fourth-order valence-corrected chi connectivity index (χ4v) is 0.465. The van der Waals surface area contributed by atoms with Crippen LogP contribution in [0.4, 0.5) is 0 Å². The van der Waals surface area contributed by atoms with E-state index in [2.05, 4.69) is 10.5 Å². The van der Waals surface area contributed by atoms with Crippen molar-refractivity contribution in [2.24, 2.45) is 5.10 Å². The van der Waals surface area contributed by atoms with E-state index < -0.39 is 0 Å². The van der Waals surface area contributed by atoms with Crippen LogP contribution in [-0.4, -0.2) is 12.8 Å². The second kappa shape index (κ2) is 4.13. The molecule has 52 valence electrons. The van der Waals surface area contributed by atoms with Gasteiger partial charge in [-0.3, -0.25) is 0 Å².